The van der Waals surface area contributed by atoms with E-state index in [0.717, 1.165) is 32.5 Å². The third kappa shape index (κ3) is 2.73. The zero-order valence-electron chi connectivity index (χ0n) is 12.8. The third-order valence-corrected chi connectivity index (χ3v) is 4.55. The van der Waals surface area contributed by atoms with Crippen molar-refractivity contribution in [1.29, 1.82) is 0 Å². The topological polar surface area (TPSA) is 15.7 Å². The first-order valence-corrected chi connectivity index (χ1v) is 7.51. The van der Waals surface area contributed by atoms with Crippen molar-refractivity contribution in [2.24, 2.45) is 0 Å². The number of nitrogens with zero attached hydrogens (tertiary/aromatic N) is 2. The van der Waals surface area contributed by atoms with Crippen LogP contribution in [-0.4, -0.2) is 53.3 Å². The van der Waals surface area contributed by atoms with E-state index < -0.39 is 0 Å². The Balaban J connectivity index is 2.05. The maximum Gasteiger partial charge on any atom is 0.124 e. The summed E-state index contributed by atoms with van der Waals surface area (Å²) < 4.78 is 6.24. The fraction of sp³-hybridized carbons (Fsp3) is 1.00. The van der Waals surface area contributed by atoms with E-state index in [1.165, 1.54) is 13.0 Å². The van der Waals surface area contributed by atoms with Gasteiger partial charge in [0.15, 0.2) is 0 Å². The molecular weight excluding hydrogens is 224 g/mol. The van der Waals surface area contributed by atoms with E-state index in [1.807, 2.05) is 0 Å². The first kappa shape index (κ1) is 14.3. The molecule has 2 rings (SSSR count). The number of piperidine rings is 1. The fourth-order valence-corrected chi connectivity index (χ4v) is 3.47. The molecule has 1 spiro atoms. The van der Waals surface area contributed by atoms with E-state index in [9.17, 15) is 0 Å². The van der Waals surface area contributed by atoms with Crippen molar-refractivity contribution in [2.75, 3.05) is 26.2 Å². The predicted octanol–water partition coefficient (Wildman–Crippen LogP) is 2.71. The summed E-state index contributed by atoms with van der Waals surface area (Å²) in [6, 6.07) is 0.589. The number of likely N-dealkylation sites (tertiary alicyclic amines) is 1. The molecule has 3 nitrogen and oxygen atoms in total. The molecule has 18 heavy (non-hydrogen) atoms. The van der Waals surface area contributed by atoms with Gasteiger partial charge in [0.1, 0.15) is 5.72 Å². The van der Waals surface area contributed by atoms with Gasteiger partial charge in [-0.15, -0.1) is 0 Å². The number of rotatable bonds is 1. The van der Waals surface area contributed by atoms with Crippen LogP contribution in [0.1, 0.15) is 53.9 Å². The molecule has 0 bridgehead atoms. The van der Waals surface area contributed by atoms with Gasteiger partial charge >= 0.3 is 0 Å². The molecule has 2 fully saturated rings. The van der Waals surface area contributed by atoms with E-state index in [0.29, 0.717) is 11.6 Å². The maximum atomic E-state index is 6.24. The molecule has 2 heterocycles. The zero-order valence-corrected chi connectivity index (χ0v) is 12.8. The minimum Gasteiger partial charge on any atom is -0.360 e. The first-order valence-electron chi connectivity index (χ1n) is 7.51. The summed E-state index contributed by atoms with van der Waals surface area (Å²) >= 11 is 0. The quantitative estimate of drug-likeness (QED) is 0.715. The largest absolute Gasteiger partial charge is 0.360 e. The lowest BCUT2D eigenvalue weighted by Gasteiger charge is -2.54. The second kappa shape index (κ2) is 5.10. The molecule has 0 aliphatic carbocycles. The lowest BCUT2D eigenvalue weighted by atomic mass is 9.91. The Morgan fingerprint density at radius 2 is 1.67 bits per heavy atom. The minimum atomic E-state index is 0.0359. The van der Waals surface area contributed by atoms with Crippen molar-refractivity contribution in [3.05, 3.63) is 0 Å². The van der Waals surface area contributed by atoms with Gasteiger partial charge in [0.25, 0.3) is 0 Å². The highest BCUT2D eigenvalue weighted by Gasteiger charge is 2.44. The van der Waals surface area contributed by atoms with Crippen LogP contribution in [0.25, 0.3) is 0 Å². The summed E-state index contributed by atoms with van der Waals surface area (Å²) in [4.78, 5) is 5.19. The smallest absolute Gasteiger partial charge is 0.124 e. The SMILES string of the molecule is CC(C)N1CCCOC12CCN(C(C)(C)C)CC2. The van der Waals surface area contributed by atoms with Crippen molar-refractivity contribution >= 4 is 0 Å². The van der Waals surface area contributed by atoms with Crippen molar-refractivity contribution in [3.63, 3.8) is 0 Å². The molecule has 0 aromatic rings. The van der Waals surface area contributed by atoms with Gasteiger partial charge in [-0.2, -0.15) is 0 Å². The van der Waals surface area contributed by atoms with Crippen LogP contribution < -0.4 is 0 Å². The molecular formula is C15H30N2O. The van der Waals surface area contributed by atoms with Crippen LogP contribution in [0.15, 0.2) is 0 Å². The summed E-state index contributed by atoms with van der Waals surface area (Å²) in [5, 5.41) is 0. The van der Waals surface area contributed by atoms with Crippen LogP contribution in [0.2, 0.25) is 0 Å². The van der Waals surface area contributed by atoms with Gasteiger partial charge in [0.2, 0.25) is 0 Å². The Kier molecular flexibility index (Phi) is 4.05. The van der Waals surface area contributed by atoms with Crippen molar-refractivity contribution in [2.45, 2.75) is 71.2 Å². The molecule has 2 aliphatic rings. The number of ether oxygens (including phenoxy) is 1. The lowest BCUT2D eigenvalue weighted by molar-refractivity contribution is -0.222. The molecule has 0 unspecified atom stereocenters. The van der Waals surface area contributed by atoms with Crippen LogP contribution in [0.3, 0.4) is 0 Å². The molecule has 0 radical (unpaired) electrons. The van der Waals surface area contributed by atoms with Crippen molar-refractivity contribution in [3.8, 4) is 0 Å². The van der Waals surface area contributed by atoms with Crippen LogP contribution in [0, 0.1) is 0 Å². The van der Waals surface area contributed by atoms with Crippen molar-refractivity contribution < 1.29 is 4.74 Å². The Hall–Kier alpha value is -0.120. The highest BCUT2D eigenvalue weighted by atomic mass is 16.5. The van der Waals surface area contributed by atoms with E-state index in [4.69, 9.17) is 4.74 Å². The van der Waals surface area contributed by atoms with Crippen LogP contribution in [-0.2, 0) is 4.74 Å². The van der Waals surface area contributed by atoms with Gasteiger partial charge in [-0.3, -0.25) is 9.80 Å². The van der Waals surface area contributed by atoms with E-state index in [-0.39, 0.29) is 5.72 Å². The summed E-state index contributed by atoms with van der Waals surface area (Å²) in [5.74, 6) is 0. The Labute approximate surface area is 112 Å². The normalized spacial score (nSPS) is 27.0. The average molecular weight is 254 g/mol. The monoisotopic (exact) mass is 254 g/mol. The van der Waals surface area contributed by atoms with Gasteiger partial charge in [-0.1, -0.05) is 0 Å². The highest BCUT2D eigenvalue weighted by Crippen LogP contribution is 2.36. The predicted molar refractivity (Wildman–Crippen MR) is 75.7 cm³/mol. The highest BCUT2D eigenvalue weighted by molar-refractivity contribution is 4.94. The molecule has 0 amide bonds. The Morgan fingerprint density at radius 3 is 2.17 bits per heavy atom. The molecule has 2 saturated heterocycles. The second-order valence-electron chi connectivity index (χ2n) is 7.09. The van der Waals surface area contributed by atoms with E-state index in [2.05, 4.69) is 44.4 Å². The molecule has 0 saturated carbocycles. The van der Waals surface area contributed by atoms with E-state index >= 15 is 0 Å². The molecule has 0 atom stereocenters. The molecule has 3 heteroatoms. The standard InChI is InChI=1S/C15H30N2O/c1-13(2)17-9-6-12-18-15(17)7-10-16(11-8-15)14(3,4)5/h13H,6-12H2,1-5H3. The lowest BCUT2D eigenvalue weighted by Crippen LogP contribution is -2.63. The summed E-state index contributed by atoms with van der Waals surface area (Å²) in [5.41, 5.74) is 0.326. The summed E-state index contributed by atoms with van der Waals surface area (Å²) in [6.45, 7) is 16.0. The Bertz CT molecular complexity index is 275. The third-order valence-electron chi connectivity index (χ3n) is 4.55. The van der Waals surface area contributed by atoms with Gasteiger partial charge in [-0.25, -0.2) is 0 Å². The molecule has 0 N–H and O–H groups in total. The molecule has 0 aromatic heterocycles. The van der Waals surface area contributed by atoms with Crippen LogP contribution in [0.5, 0.6) is 0 Å². The van der Waals surface area contributed by atoms with Gasteiger partial charge in [0, 0.05) is 44.1 Å². The van der Waals surface area contributed by atoms with Gasteiger partial charge in [0.05, 0.1) is 6.61 Å². The minimum absolute atomic E-state index is 0.0359. The molecule has 2 aliphatic heterocycles. The molecule has 0 aromatic carbocycles. The fourth-order valence-electron chi connectivity index (χ4n) is 3.47. The zero-order chi connectivity index (χ0) is 13.4. The number of hydrogen-bond acceptors (Lipinski definition) is 3. The Morgan fingerprint density at radius 1 is 1.06 bits per heavy atom. The summed E-state index contributed by atoms with van der Waals surface area (Å²) in [6.07, 6.45) is 3.49. The molecule has 106 valence electrons. The first-order chi connectivity index (χ1) is 8.35. The second-order valence-corrected chi connectivity index (χ2v) is 7.09. The van der Waals surface area contributed by atoms with Crippen LogP contribution in [0.4, 0.5) is 0 Å². The maximum absolute atomic E-state index is 6.24. The van der Waals surface area contributed by atoms with Crippen molar-refractivity contribution in [1.82, 2.24) is 9.80 Å². The average Bonchev–Trinajstić information content (AvgIpc) is 2.28. The van der Waals surface area contributed by atoms with Crippen LogP contribution >= 0.6 is 0 Å². The van der Waals surface area contributed by atoms with Gasteiger partial charge in [-0.05, 0) is 41.0 Å². The van der Waals surface area contributed by atoms with Gasteiger partial charge < -0.3 is 4.74 Å². The summed E-state index contributed by atoms with van der Waals surface area (Å²) in [7, 11) is 0. The van der Waals surface area contributed by atoms with E-state index in [1.54, 1.807) is 0 Å². The number of hydrogen-bond donors (Lipinski definition) is 0.